The third-order valence-corrected chi connectivity index (χ3v) is 4.83. The van der Waals surface area contributed by atoms with E-state index in [1.54, 1.807) is 0 Å². The van der Waals surface area contributed by atoms with Gasteiger partial charge in [-0.1, -0.05) is 48.4 Å². The summed E-state index contributed by atoms with van der Waals surface area (Å²) in [5, 5.41) is 0.798. The summed E-state index contributed by atoms with van der Waals surface area (Å²) >= 11 is 9.62. The van der Waals surface area contributed by atoms with Crippen LogP contribution in [0.5, 0.6) is 0 Å². The molecule has 0 aliphatic heterocycles. The van der Waals surface area contributed by atoms with Crippen molar-refractivity contribution in [2.24, 2.45) is 0 Å². The van der Waals surface area contributed by atoms with Crippen molar-refractivity contribution < 1.29 is 0 Å². The molecule has 0 nitrogen and oxygen atoms in total. The third kappa shape index (κ3) is 1.90. The Bertz CT molecular complexity index is 556. The van der Waals surface area contributed by atoms with E-state index in [-0.39, 0.29) is 5.41 Å². The first-order valence-electron chi connectivity index (χ1n) is 6.15. The molecule has 1 aliphatic rings. The van der Waals surface area contributed by atoms with Gasteiger partial charge in [0.15, 0.2) is 0 Å². The van der Waals surface area contributed by atoms with Crippen LogP contribution < -0.4 is 0 Å². The van der Waals surface area contributed by atoms with Crippen LogP contribution in [0.3, 0.4) is 0 Å². The van der Waals surface area contributed by atoms with Gasteiger partial charge < -0.3 is 0 Å². The van der Waals surface area contributed by atoms with E-state index in [1.165, 1.54) is 30.4 Å². The van der Waals surface area contributed by atoms with Gasteiger partial charge >= 0.3 is 0 Å². The minimum atomic E-state index is 0.154. The Kier molecular flexibility index (Phi) is 3.21. The molecule has 1 fully saturated rings. The molecule has 18 heavy (non-hydrogen) atoms. The molecule has 2 aromatic rings. The fourth-order valence-corrected chi connectivity index (χ4v) is 3.57. The number of rotatable bonds is 2. The van der Waals surface area contributed by atoms with Crippen LogP contribution in [-0.2, 0) is 5.41 Å². The Labute approximate surface area is 121 Å². The summed E-state index contributed by atoms with van der Waals surface area (Å²) in [5.74, 6) is 0. The monoisotopic (exact) mass is 319 g/mol. The minimum absolute atomic E-state index is 0.154. The van der Waals surface area contributed by atoms with Gasteiger partial charge in [0, 0.05) is 14.9 Å². The fourth-order valence-electron chi connectivity index (χ4n) is 2.80. The number of hydrogen-bond donors (Lipinski definition) is 0. The molecule has 0 bridgehead atoms. The molecule has 1 saturated carbocycles. The van der Waals surface area contributed by atoms with Gasteiger partial charge in [0.2, 0.25) is 0 Å². The van der Waals surface area contributed by atoms with Crippen LogP contribution in [-0.4, -0.2) is 0 Å². The maximum Gasteiger partial charge on any atom is 0.0406 e. The van der Waals surface area contributed by atoms with Crippen LogP contribution in [0.4, 0.5) is 0 Å². The van der Waals surface area contributed by atoms with E-state index < -0.39 is 0 Å². The Morgan fingerprint density at radius 1 is 1.11 bits per heavy atom. The van der Waals surface area contributed by atoms with E-state index in [4.69, 9.17) is 11.6 Å². The third-order valence-electron chi connectivity index (χ3n) is 3.93. The largest absolute Gasteiger partial charge is 0.0843 e. The maximum absolute atomic E-state index is 5.98. The average molecular weight is 321 g/mol. The Hall–Kier alpha value is -0.790. The normalized spacial score (nSPS) is 17.2. The first-order chi connectivity index (χ1) is 8.72. The molecule has 91 valence electrons. The quantitative estimate of drug-likeness (QED) is 0.697. The Morgan fingerprint density at radius 3 is 2.39 bits per heavy atom. The highest BCUT2D eigenvalue weighted by Gasteiger charge is 2.41. The van der Waals surface area contributed by atoms with Gasteiger partial charge in [-0.2, -0.15) is 0 Å². The summed E-state index contributed by atoms with van der Waals surface area (Å²) in [5.41, 5.74) is 2.86. The topological polar surface area (TPSA) is 0 Å². The van der Waals surface area contributed by atoms with E-state index in [0.29, 0.717) is 0 Å². The van der Waals surface area contributed by atoms with Crippen molar-refractivity contribution in [1.82, 2.24) is 0 Å². The summed E-state index contributed by atoms with van der Waals surface area (Å²) in [6, 6.07) is 17.7. The second kappa shape index (κ2) is 4.71. The van der Waals surface area contributed by atoms with Crippen LogP contribution >= 0.6 is 27.5 Å². The molecule has 3 rings (SSSR count). The lowest BCUT2D eigenvalue weighted by Gasteiger charge is -2.43. The lowest BCUT2D eigenvalue weighted by molar-refractivity contribution is 0.300. The van der Waals surface area contributed by atoms with Crippen molar-refractivity contribution in [3.05, 3.63) is 69.2 Å². The molecule has 0 aromatic heterocycles. The smallest absolute Gasteiger partial charge is 0.0406 e. The van der Waals surface area contributed by atoms with Crippen molar-refractivity contribution in [3.8, 4) is 0 Å². The first-order valence-corrected chi connectivity index (χ1v) is 7.32. The van der Waals surface area contributed by atoms with Crippen molar-refractivity contribution in [2.45, 2.75) is 24.7 Å². The molecule has 0 saturated heterocycles. The lowest BCUT2D eigenvalue weighted by Crippen LogP contribution is -2.35. The van der Waals surface area contributed by atoms with Crippen molar-refractivity contribution in [1.29, 1.82) is 0 Å². The van der Waals surface area contributed by atoms with Gasteiger partial charge in [0.1, 0.15) is 0 Å². The van der Waals surface area contributed by atoms with E-state index in [0.717, 1.165) is 9.50 Å². The molecule has 1 radical (unpaired) electrons. The lowest BCUT2D eigenvalue weighted by atomic mass is 9.60. The highest BCUT2D eigenvalue weighted by molar-refractivity contribution is 9.10. The van der Waals surface area contributed by atoms with Gasteiger partial charge in [0.05, 0.1) is 0 Å². The van der Waals surface area contributed by atoms with Crippen LogP contribution in [0.2, 0.25) is 5.02 Å². The van der Waals surface area contributed by atoms with Gasteiger partial charge in [-0.05, 0) is 58.1 Å². The van der Waals surface area contributed by atoms with Gasteiger partial charge in [0.25, 0.3) is 0 Å². The first kappa shape index (κ1) is 12.3. The molecule has 1 aliphatic carbocycles. The summed E-state index contributed by atoms with van der Waals surface area (Å²) in [6.45, 7) is 0. The van der Waals surface area contributed by atoms with Gasteiger partial charge in [-0.3, -0.25) is 0 Å². The maximum atomic E-state index is 5.98. The number of benzene rings is 2. The van der Waals surface area contributed by atoms with E-state index in [9.17, 15) is 0 Å². The van der Waals surface area contributed by atoms with Crippen LogP contribution in [0.15, 0.2) is 46.9 Å². The number of hydrogen-bond acceptors (Lipinski definition) is 0. The molecule has 0 spiro atoms. The molecule has 2 heteroatoms. The van der Waals surface area contributed by atoms with Gasteiger partial charge in [-0.15, -0.1) is 0 Å². The molecule has 0 amide bonds. The second-order valence-corrected chi connectivity index (χ2v) is 6.07. The van der Waals surface area contributed by atoms with Crippen molar-refractivity contribution >= 4 is 27.5 Å². The van der Waals surface area contributed by atoms with Crippen LogP contribution in [0, 0.1) is 6.07 Å². The second-order valence-electron chi connectivity index (χ2n) is 4.84. The molecule has 0 heterocycles. The molecule has 0 N–H and O–H groups in total. The van der Waals surface area contributed by atoms with E-state index >= 15 is 0 Å². The standard InChI is InChI=1S/C16H13BrCl/c17-15-5-2-1-4-14(15)16(10-3-11-16)12-6-8-13(18)9-7-12/h1-2,4,6-9H,3,10-11H2. The van der Waals surface area contributed by atoms with Crippen molar-refractivity contribution in [2.75, 3.05) is 0 Å². The van der Waals surface area contributed by atoms with E-state index in [1.807, 2.05) is 18.2 Å². The van der Waals surface area contributed by atoms with Crippen LogP contribution in [0.25, 0.3) is 0 Å². The zero-order chi connectivity index (χ0) is 12.6. The predicted molar refractivity (Wildman–Crippen MR) is 79.1 cm³/mol. The summed E-state index contributed by atoms with van der Waals surface area (Å²) in [4.78, 5) is 0. The predicted octanol–water partition coefficient (Wildman–Crippen LogP) is 5.37. The Balaban J connectivity index is 2.11. The fraction of sp³-hybridized carbons (Fsp3) is 0.250. The van der Waals surface area contributed by atoms with E-state index in [2.05, 4.69) is 46.3 Å². The van der Waals surface area contributed by atoms with Crippen molar-refractivity contribution in [3.63, 3.8) is 0 Å². The average Bonchev–Trinajstić information content (AvgIpc) is 2.32. The zero-order valence-corrected chi connectivity index (χ0v) is 12.3. The minimum Gasteiger partial charge on any atom is -0.0843 e. The molecule has 0 atom stereocenters. The highest BCUT2D eigenvalue weighted by Crippen LogP contribution is 2.50. The molecular weight excluding hydrogens is 308 g/mol. The number of halogens is 2. The molecular formula is C16H13BrCl. The summed E-state index contributed by atoms with van der Waals surface area (Å²) in [7, 11) is 0. The highest BCUT2D eigenvalue weighted by atomic mass is 79.9. The van der Waals surface area contributed by atoms with Gasteiger partial charge in [-0.25, -0.2) is 0 Å². The zero-order valence-electron chi connectivity index (χ0n) is 9.92. The Morgan fingerprint density at radius 2 is 1.83 bits per heavy atom. The summed E-state index contributed by atoms with van der Waals surface area (Å²) < 4.78 is 1.08. The summed E-state index contributed by atoms with van der Waals surface area (Å²) in [6.07, 6.45) is 3.68. The molecule has 0 unspecified atom stereocenters. The van der Waals surface area contributed by atoms with Crippen LogP contribution in [0.1, 0.15) is 30.4 Å². The molecule has 2 aromatic carbocycles. The SMILES string of the molecule is Clc1ccc(C2(c3ccc[c]c3Br)CCC2)cc1.